The number of fused-ring (bicyclic) bond motifs is 3. The van der Waals surface area contributed by atoms with Crippen LogP contribution in [0, 0.1) is 0 Å². The van der Waals surface area contributed by atoms with E-state index in [2.05, 4.69) is 36.4 Å². The highest BCUT2D eigenvalue weighted by Crippen LogP contribution is 2.37. The molecule has 0 spiro atoms. The van der Waals surface area contributed by atoms with Gasteiger partial charge in [-0.15, -0.1) is 33.2 Å². The number of thiophene rings is 1. The van der Waals surface area contributed by atoms with Crippen LogP contribution in [0.15, 0.2) is 109 Å². The molecule has 252 valence electrons. The first-order valence-electron chi connectivity index (χ1n) is 18.6. The number of rotatable bonds is 6. The predicted molar refractivity (Wildman–Crippen MR) is 265 cm³/mol. The van der Waals surface area contributed by atoms with Gasteiger partial charge in [0.25, 0.3) is 0 Å². The normalized spacial score (nSPS) is 11.4. The lowest BCUT2D eigenvalue weighted by Gasteiger charge is -2.26. The van der Waals surface area contributed by atoms with Crippen molar-refractivity contribution in [3.63, 3.8) is 0 Å². The summed E-state index contributed by atoms with van der Waals surface area (Å²) >= 11 is 1.26. The standard InChI is InChI=1S/C45H18B11N3S/c46-30-26(25-31(47)38(54)40(56)39(55)32(25)48)36(52)42-28(33(30)49)27-34(50)37(53)35(51)29(41(27)60-42)45-58-43(23-9-5-2-6-10-23)57-44(59-45)24-17-15-22(16-18-24)21-13-11-20(12-14-21)19-7-3-1-4-8-19/h1-18H. The Balaban J connectivity index is 1.24. The third-order valence-corrected chi connectivity index (χ3v) is 12.1. The van der Waals surface area contributed by atoms with Gasteiger partial charge in [0.1, 0.15) is 86.3 Å². The van der Waals surface area contributed by atoms with Crippen LogP contribution in [0.1, 0.15) is 0 Å². The lowest BCUT2D eigenvalue weighted by molar-refractivity contribution is 1.08. The lowest BCUT2D eigenvalue weighted by atomic mass is 9.57. The summed E-state index contributed by atoms with van der Waals surface area (Å²) in [7, 11) is 72.5. The molecule has 0 aliphatic heterocycles. The zero-order valence-electron chi connectivity index (χ0n) is 32.0. The molecule has 15 heteroatoms. The molecule has 22 radical (unpaired) electrons. The second-order valence-electron chi connectivity index (χ2n) is 14.4. The van der Waals surface area contributed by atoms with Gasteiger partial charge in [0, 0.05) is 26.1 Å². The monoisotopic (exact) mass is 753 g/mol. The average Bonchev–Trinajstić information content (AvgIpc) is 3.69. The summed E-state index contributed by atoms with van der Waals surface area (Å²) < 4.78 is 1.06. The highest BCUT2D eigenvalue weighted by molar-refractivity contribution is 7.28. The summed E-state index contributed by atoms with van der Waals surface area (Å²) in [5.41, 5.74) is 7.81. The van der Waals surface area contributed by atoms with Gasteiger partial charge in [0.05, 0.1) is 0 Å². The van der Waals surface area contributed by atoms with Crippen molar-refractivity contribution in [3.8, 4) is 67.5 Å². The quantitative estimate of drug-likeness (QED) is 0.205. The molecule has 0 saturated carbocycles. The Hall–Kier alpha value is -5.52. The molecule has 0 aliphatic carbocycles. The molecule has 9 rings (SSSR count). The maximum atomic E-state index is 6.97. The predicted octanol–water partition coefficient (Wildman–Crippen LogP) is -1.03. The molecular formula is C45H18B11N3S. The first-order chi connectivity index (χ1) is 28.8. The summed E-state index contributed by atoms with van der Waals surface area (Å²) in [5.74, 6) is 1.07. The fourth-order valence-corrected chi connectivity index (χ4v) is 8.96. The summed E-state index contributed by atoms with van der Waals surface area (Å²) in [5, 5.41) is 0.931. The van der Waals surface area contributed by atoms with Crippen LogP contribution < -0.4 is 60.1 Å². The molecule has 0 N–H and O–H groups in total. The van der Waals surface area contributed by atoms with Gasteiger partial charge in [0.2, 0.25) is 0 Å². The van der Waals surface area contributed by atoms with Crippen molar-refractivity contribution < 1.29 is 0 Å². The van der Waals surface area contributed by atoms with Crippen LogP contribution in [0.4, 0.5) is 0 Å². The molecule has 0 aliphatic rings. The molecule has 0 amide bonds. The summed E-state index contributed by atoms with van der Waals surface area (Å²) in [4.78, 5) is 14.9. The Morgan fingerprint density at radius 2 is 0.583 bits per heavy atom. The first kappa shape index (κ1) is 39.9. The van der Waals surface area contributed by atoms with E-state index in [0.29, 0.717) is 37.4 Å². The summed E-state index contributed by atoms with van der Waals surface area (Å²) in [6.07, 6.45) is 0. The van der Waals surface area contributed by atoms with E-state index < -0.39 is 0 Å². The number of benzene rings is 7. The van der Waals surface area contributed by atoms with Crippen molar-refractivity contribution in [3.05, 3.63) is 109 Å². The van der Waals surface area contributed by atoms with Crippen LogP contribution in [0.25, 0.3) is 87.7 Å². The lowest BCUT2D eigenvalue weighted by Crippen LogP contribution is -2.56. The summed E-state index contributed by atoms with van der Waals surface area (Å²) in [6, 6.07) is 36.3. The zero-order chi connectivity index (χ0) is 42.1. The molecule has 0 saturated heterocycles. The fraction of sp³-hybridized carbons (Fsp3) is 0. The first-order valence-corrected chi connectivity index (χ1v) is 19.5. The number of hydrogen-bond acceptors (Lipinski definition) is 4. The molecule has 0 fully saturated rings. The van der Waals surface area contributed by atoms with Crippen molar-refractivity contribution in [2.24, 2.45) is 0 Å². The Labute approximate surface area is 367 Å². The van der Waals surface area contributed by atoms with Crippen LogP contribution in [-0.4, -0.2) is 101 Å². The topological polar surface area (TPSA) is 38.7 Å². The largest absolute Gasteiger partial charge is 0.208 e. The Bertz CT molecular complexity index is 3170. The van der Waals surface area contributed by atoms with E-state index in [1.54, 1.807) is 0 Å². The van der Waals surface area contributed by atoms with Crippen LogP contribution in [0.2, 0.25) is 0 Å². The molecule has 2 heterocycles. The maximum Gasteiger partial charge on any atom is 0.164 e. The van der Waals surface area contributed by atoms with Gasteiger partial charge < -0.3 is 0 Å². The second kappa shape index (κ2) is 15.5. The van der Waals surface area contributed by atoms with E-state index in [4.69, 9.17) is 101 Å². The minimum absolute atomic E-state index is 0.0320. The van der Waals surface area contributed by atoms with E-state index in [9.17, 15) is 0 Å². The SMILES string of the molecule is [B]c1c([B])c([B])c(-c2c([B])c([B])c3c(sc4c(-c5nc(-c6ccccc6)nc(-c6ccc(-c7ccc(-c8ccccc8)cc7)cc6)n5)c([B])c([B])c([B])c43)c2[B])c([B])c1[B]. The van der Waals surface area contributed by atoms with E-state index in [-0.39, 0.29) is 77.0 Å². The molecule has 2 aromatic heterocycles. The minimum atomic E-state index is 0.0320. The Morgan fingerprint density at radius 3 is 1.10 bits per heavy atom. The molecule has 0 unspecified atom stereocenters. The number of nitrogens with zero attached hydrogens (tertiary/aromatic N) is 3. The maximum absolute atomic E-state index is 6.97. The van der Waals surface area contributed by atoms with E-state index in [1.165, 1.54) is 11.3 Å². The Kier molecular flexibility index (Phi) is 10.3. The molecule has 3 nitrogen and oxygen atoms in total. The van der Waals surface area contributed by atoms with Crippen molar-refractivity contribution in [1.82, 2.24) is 15.0 Å². The zero-order valence-corrected chi connectivity index (χ0v) is 32.8. The van der Waals surface area contributed by atoms with Gasteiger partial charge in [-0.05, 0) is 44.2 Å². The fourth-order valence-electron chi connectivity index (χ4n) is 7.62. The van der Waals surface area contributed by atoms with E-state index in [0.717, 1.165) is 33.4 Å². The second-order valence-corrected chi connectivity index (χ2v) is 15.4. The van der Waals surface area contributed by atoms with Crippen LogP contribution in [0.5, 0.6) is 0 Å². The number of hydrogen-bond donors (Lipinski definition) is 0. The average molecular weight is 752 g/mol. The van der Waals surface area contributed by atoms with Gasteiger partial charge in [0.15, 0.2) is 17.5 Å². The van der Waals surface area contributed by atoms with Crippen molar-refractivity contribution in [2.45, 2.75) is 0 Å². The van der Waals surface area contributed by atoms with Crippen molar-refractivity contribution >= 4 is 178 Å². The highest BCUT2D eigenvalue weighted by Gasteiger charge is 2.25. The Morgan fingerprint density at radius 1 is 0.267 bits per heavy atom. The van der Waals surface area contributed by atoms with E-state index >= 15 is 0 Å². The van der Waals surface area contributed by atoms with Crippen LogP contribution in [-0.2, 0) is 0 Å². The van der Waals surface area contributed by atoms with Crippen LogP contribution in [0.3, 0.4) is 0 Å². The van der Waals surface area contributed by atoms with Gasteiger partial charge >= 0.3 is 0 Å². The highest BCUT2D eigenvalue weighted by atomic mass is 32.1. The summed E-state index contributed by atoms with van der Waals surface area (Å²) in [6.45, 7) is 0. The van der Waals surface area contributed by atoms with Gasteiger partial charge in [-0.25, -0.2) is 15.0 Å². The molecular weight excluding hydrogens is 734 g/mol. The molecule has 0 atom stereocenters. The van der Waals surface area contributed by atoms with Crippen molar-refractivity contribution in [1.29, 1.82) is 0 Å². The van der Waals surface area contributed by atoms with Gasteiger partial charge in [-0.2, -0.15) is 0 Å². The van der Waals surface area contributed by atoms with Gasteiger partial charge in [-0.1, -0.05) is 147 Å². The van der Waals surface area contributed by atoms with Crippen LogP contribution >= 0.6 is 11.3 Å². The van der Waals surface area contributed by atoms with Gasteiger partial charge in [-0.3, -0.25) is 0 Å². The number of aromatic nitrogens is 3. The molecule has 7 aromatic carbocycles. The van der Waals surface area contributed by atoms with Crippen molar-refractivity contribution in [2.75, 3.05) is 0 Å². The minimum Gasteiger partial charge on any atom is -0.208 e. The smallest absolute Gasteiger partial charge is 0.164 e. The third-order valence-electron chi connectivity index (χ3n) is 10.9. The molecule has 0 bridgehead atoms. The molecule has 60 heavy (non-hydrogen) atoms. The molecule has 9 aromatic rings. The van der Waals surface area contributed by atoms with E-state index in [1.807, 2.05) is 72.8 Å². The third kappa shape index (κ3) is 6.48.